The second-order valence-corrected chi connectivity index (χ2v) is 16.1. The van der Waals surface area contributed by atoms with Crippen LogP contribution in [0.1, 0.15) is 88.1 Å². The third-order valence-corrected chi connectivity index (χ3v) is 11.1. The third-order valence-electron chi connectivity index (χ3n) is 9.94. The summed E-state index contributed by atoms with van der Waals surface area (Å²) in [4.78, 5) is 0. The number of aromatic nitrogens is 2. The van der Waals surface area contributed by atoms with E-state index in [4.69, 9.17) is 0 Å². The van der Waals surface area contributed by atoms with Gasteiger partial charge in [0.1, 0.15) is 5.69 Å². The lowest BCUT2D eigenvalue weighted by atomic mass is 9.81. The minimum absolute atomic E-state index is 0.0625. The van der Waals surface area contributed by atoms with Gasteiger partial charge in [0.15, 0.2) is 11.0 Å². The zero-order valence-electron chi connectivity index (χ0n) is 29.6. The summed E-state index contributed by atoms with van der Waals surface area (Å²) in [6.45, 7) is 20.9. The van der Waals surface area contributed by atoms with E-state index < -0.39 is 0 Å². The molecule has 0 N–H and O–H groups in total. The van der Waals surface area contributed by atoms with Crippen molar-refractivity contribution in [1.82, 2.24) is 4.57 Å². The quantitative estimate of drug-likeness (QED) is 0.166. The van der Waals surface area contributed by atoms with Crippen LogP contribution in [-0.2, 0) is 12.5 Å². The molecule has 0 unspecified atom stereocenters. The van der Waals surface area contributed by atoms with Crippen molar-refractivity contribution < 1.29 is 4.57 Å². The Bertz CT molecular complexity index is 2280. The molecular formula is C44H47N2S+. The Morgan fingerprint density at radius 2 is 1.38 bits per heavy atom. The van der Waals surface area contributed by atoms with Crippen LogP contribution in [0, 0.1) is 13.8 Å². The molecule has 2 heterocycles. The molecule has 47 heavy (non-hydrogen) atoms. The average molecular weight is 636 g/mol. The number of rotatable bonds is 5. The number of thiophene rings is 1. The summed E-state index contributed by atoms with van der Waals surface area (Å²) in [5, 5.41) is 2.65. The maximum atomic E-state index is 2.62. The number of nitrogens with zero attached hydrogens (tertiary/aromatic N) is 2. The average Bonchev–Trinajstić information content (AvgIpc) is 3.54. The molecule has 2 aromatic heterocycles. The molecule has 0 aliphatic heterocycles. The highest BCUT2D eigenvalue weighted by atomic mass is 32.1. The van der Waals surface area contributed by atoms with E-state index in [1.165, 1.54) is 87.2 Å². The number of benzene rings is 5. The van der Waals surface area contributed by atoms with Crippen LogP contribution in [0.15, 0.2) is 91.0 Å². The lowest BCUT2D eigenvalue weighted by molar-refractivity contribution is -0.557. The SMILES string of the molecule is Cc1ccc2c(c1)n(C)c(-c1c(C)ccc3c1sc1ccc(-c4ccccc4)cc13)[n+]2-c1c(C(C)C)cc(C(C)(C)C)cc1C(C)C. The van der Waals surface area contributed by atoms with Gasteiger partial charge in [0.05, 0.1) is 17.3 Å². The van der Waals surface area contributed by atoms with Crippen LogP contribution in [0.5, 0.6) is 0 Å². The van der Waals surface area contributed by atoms with Gasteiger partial charge in [-0.2, -0.15) is 4.57 Å². The van der Waals surface area contributed by atoms with Crippen LogP contribution in [0.4, 0.5) is 0 Å². The number of hydrogen-bond donors (Lipinski definition) is 0. The van der Waals surface area contributed by atoms with Crippen molar-refractivity contribution in [2.45, 2.75) is 79.6 Å². The minimum Gasteiger partial charge on any atom is -0.225 e. The lowest BCUT2D eigenvalue weighted by Gasteiger charge is -2.26. The molecule has 0 atom stereocenters. The standard InChI is InChI=1S/C44H47N2S/c1-26(2)34-24-32(44(7,8)9)25-35(27(3)4)41(34)46-37-20-16-28(5)22-38(37)45(10)43(46)40-29(6)17-19-33-36-23-31(30-14-12-11-13-15-30)18-21-39(36)47-42(33)40/h11-27H,1-10H3/q+1. The van der Waals surface area contributed by atoms with Gasteiger partial charge in [-0.05, 0) is 83.2 Å². The summed E-state index contributed by atoms with van der Waals surface area (Å²) in [6.07, 6.45) is 0. The molecule has 5 aromatic carbocycles. The normalized spacial score (nSPS) is 12.4. The van der Waals surface area contributed by atoms with Gasteiger partial charge in [-0.25, -0.2) is 4.57 Å². The van der Waals surface area contributed by atoms with Gasteiger partial charge in [0.25, 0.3) is 5.82 Å². The Morgan fingerprint density at radius 1 is 0.702 bits per heavy atom. The highest BCUT2D eigenvalue weighted by Gasteiger charge is 2.34. The maximum Gasteiger partial charge on any atom is 0.296 e. The second kappa shape index (κ2) is 11.5. The summed E-state index contributed by atoms with van der Waals surface area (Å²) >= 11 is 1.93. The topological polar surface area (TPSA) is 8.81 Å². The lowest BCUT2D eigenvalue weighted by Crippen LogP contribution is -2.37. The molecule has 7 aromatic rings. The van der Waals surface area contributed by atoms with Crippen molar-refractivity contribution >= 4 is 42.5 Å². The number of aryl methyl sites for hydroxylation is 3. The molecule has 0 spiro atoms. The van der Waals surface area contributed by atoms with Gasteiger partial charge < -0.3 is 0 Å². The first-order chi connectivity index (χ1) is 22.3. The van der Waals surface area contributed by atoms with Crippen LogP contribution < -0.4 is 4.57 Å². The van der Waals surface area contributed by atoms with Crippen molar-refractivity contribution in [1.29, 1.82) is 0 Å². The molecule has 0 saturated heterocycles. The van der Waals surface area contributed by atoms with E-state index in [1.807, 2.05) is 11.3 Å². The van der Waals surface area contributed by atoms with Gasteiger partial charge in [0, 0.05) is 26.6 Å². The van der Waals surface area contributed by atoms with E-state index >= 15 is 0 Å². The van der Waals surface area contributed by atoms with Crippen LogP contribution in [-0.4, -0.2) is 4.57 Å². The van der Waals surface area contributed by atoms with Gasteiger partial charge in [-0.3, -0.25) is 0 Å². The molecule has 0 amide bonds. The van der Waals surface area contributed by atoms with E-state index in [0.29, 0.717) is 11.8 Å². The fourth-order valence-corrected chi connectivity index (χ4v) is 8.53. The Hall–Kier alpha value is -4.21. The van der Waals surface area contributed by atoms with Gasteiger partial charge in [-0.15, -0.1) is 11.3 Å². The molecule has 3 heteroatoms. The largest absolute Gasteiger partial charge is 0.296 e. The summed E-state index contributed by atoms with van der Waals surface area (Å²) in [5.74, 6) is 1.97. The Kier molecular flexibility index (Phi) is 7.67. The first-order valence-electron chi connectivity index (χ1n) is 17.1. The van der Waals surface area contributed by atoms with Crippen LogP contribution >= 0.6 is 11.3 Å². The number of hydrogen-bond acceptors (Lipinski definition) is 1. The molecule has 0 fully saturated rings. The van der Waals surface area contributed by atoms with Crippen LogP contribution in [0.2, 0.25) is 0 Å². The number of fused-ring (bicyclic) bond motifs is 4. The fraction of sp³-hybridized carbons (Fsp3) is 0.295. The smallest absolute Gasteiger partial charge is 0.225 e. The summed E-state index contributed by atoms with van der Waals surface area (Å²) in [7, 11) is 2.26. The van der Waals surface area contributed by atoms with E-state index in [1.54, 1.807) is 0 Å². The predicted octanol–water partition coefficient (Wildman–Crippen LogP) is 12.3. The van der Waals surface area contributed by atoms with Crippen LogP contribution in [0.25, 0.3) is 59.4 Å². The minimum atomic E-state index is 0.0625. The predicted molar refractivity (Wildman–Crippen MR) is 205 cm³/mol. The molecule has 238 valence electrons. The second-order valence-electron chi connectivity index (χ2n) is 15.1. The zero-order valence-corrected chi connectivity index (χ0v) is 30.4. The van der Waals surface area contributed by atoms with Crippen molar-refractivity contribution in [2.75, 3.05) is 0 Å². The molecule has 0 aliphatic rings. The molecule has 7 rings (SSSR count). The van der Waals surface area contributed by atoms with Gasteiger partial charge in [-0.1, -0.05) is 115 Å². The van der Waals surface area contributed by atoms with E-state index in [0.717, 1.165) is 0 Å². The molecule has 0 saturated carbocycles. The van der Waals surface area contributed by atoms with Gasteiger partial charge >= 0.3 is 0 Å². The third kappa shape index (κ3) is 5.20. The van der Waals surface area contributed by atoms with Gasteiger partial charge in [0.2, 0.25) is 0 Å². The monoisotopic (exact) mass is 635 g/mol. The molecular weight excluding hydrogens is 589 g/mol. The Morgan fingerprint density at radius 3 is 2.02 bits per heavy atom. The van der Waals surface area contributed by atoms with Crippen LogP contribution in [0.3, 0.4) is 0 Å². The fourth-order valence-electron chi connectivity index (χ4n) is 7.25. The highest BCUT2D eigenvalue weighted by molar-refractivity contribution is 7.26. The Balaban J connectivity index is 1.62. The van der Waals surface area contributed by atoms with Crippen molar-refractivity contribution in [2.24, 2.45) is 7.05 Å². The summed E-state index contributed by atoms with van der Waals surface area (Å²) < 4.78 is 7.75. The summed E-state index contributed by atoms with van der Waals surface area (Å²) in [6, 6.07) is 34.4. The number of imidazole rings is 1. The first kappa shape index (κ1) is 31.4. The molecule has 0 radical (unpaired) electrons. The van der Waals surface area contributed by atoms with E-state index in [-0.39, 0.29) is 5.41 Å². The Labute approximate surface area is 284 Å². The molecule has 0 bridgehead atoms. The summed E-state index contributed by atoms with van der Waals surface area (Å²) in [5.41, 5.74) is 14.6. The van der Waals surface area contributed by atoms with Crippen molar-refractivity contribution in [3.8, 4) is 28.2 Å². The van der Waals surface area contributed by atoms with Crippen molar-refractivity contribution in [3.63, 3.8) is 0 Å². The van der Waals surface area contributed by atoms with E-state index in [9.17, 15) is 0 Å². The van der Waals surface area contributed by atoms with E-state index in [2.05, 4.69) is 169 Å². The molecule has 0 aliphatic carbocycles. The van der Waals surface area contributed by atoms with Crippen molar-refractivity contribution in [3.05, 3.63) is 119 Å². The highest BCUT2D eigenvalue weighted by Crippen LogP contribution is 2.44. The zero-order chi connectivity index (χ0) is 33.4. The molecule has 2 nitrogen and oxygen atoms in total. The first-order valence-corrected chi connectivity index (χ1v) is 17.9. The maximum absolute atomic E-state index is 2.62.